The average Bonchev–Trinajstić information content (AvgIpc) is 2.73. The van der Waals surface area contributed by atoms with E-state index in [2.05, 4.69) is 46.2 Å². The first kappa shape index (κ1) is 16.0. The van der Waals surface area contributed by atoms with Crippen LogP contribution in [0.2, 0.25) is 0 Å². The number of ether oxygens (including phenoxy) is 1. The van der Waals surface area contributed by atoms with Crippen LogP contribution in [0, 0.1) is 0 Å². The van der Waals surface area contributed by atoms with E-state index >= 15 is 0 Å². The van der Waals surface area contributed by atoms with Crippen molar-refractivity contribution in [2.24, 2.45) is 0 Å². The van der Waals surface area contributed by atoms with Gasteiger partial charge in [0.15, 0.2) is 0 Å². The van der Waals surface area contributed by atoms with Crippen LogP contribution in [0.1, 0.15) is 49.7 Å². The lowest BCUT2D eigenvalue weighted by atomic mass is 9.98. The minimum Gasteiger partial charge on any atom is -0.457 e. The zero-order valence-corrected chi connectivity index (χ0v) is 15.5. The molecule has 3 heteroatoms. The number of rotatable bonds is 2. The molecule has 0 spiro atoms. The Bertz CT molecular complexity index is 723. The van der Waals surface area contributed by atoms with Gasteiger partial charge in [-0.05, 0) is 61.8 Å². The Hall–Kier alpha value is -2.16. The third-order valence-corrected chi connectivity index (χ3v) is 6.14. The van der Waals surface area contributed by atoms with E-state index in [9.17, 15) is 0 Å². The van der Waals surface area contributed by atoms with Crippen LogP contribution in [-0.4, -0.2) is 26.2 Å². The number of hydrogen-bond donors (Lipinski definition) is 0. The maximum Gasteiger partial charge on any atom is 0.133 e. The summed E-state index contributed by atoms with van der Waals surface area (Å²) in [6.45, 7) is 4.70. The van der Waals surface area contributed by atoms with Gasteiger partial charge in [-0.15, -0.1) is 0 Å². The van der Waals surface area contributed by atoms with Crippen LogP contribution in [0.4, 0.5) is 11.4 Å². The molecule has 0 N–H and O–H groups in total. The van der Waals surface area contributed by atoms with Gasteiger partial charge in [0.25, 0.3) is 0 Å². The van der Waals surface area contributed by atoms with E-state index in [1.807, 2.05) is 0 Å². The molecule has 2 saturated heterocycles. The SMILES string of the molecule is c1cc2c(cc1N1CCCCC1)Oc1cc(N3CCCCC3)ccc1C2. The molecule has 0 aliphatic carbocycles. The second kappa shape index (κ2) is 6.86. The van der Waals surface area contributed by atoms with Crippen LogP contribution < -0.4 is 14.5 Å². The highest BCUT2D eigenvalue weighted by Gasteiger charge is 2.21. The summed E-state index contributed by atoms with van der Waals surface area (Å²) in [4.78, 5) is 5.01. The molecular weight excluding hydrogens is 320 g/mol. The smallest absolute Gasteiger partial charge is 0.133 e. The first-order valence-corrected chi connectivity index (χ1v) is 10.3. The standard InChI is InChI=1S/C23H28N2O/c1-3-11-24(12-4-1)20-9-7-18-15-19-8-10-21(25-13-5-2-6-14-25)17-23(19)26-22(18)16-20/h7-10,16-17H,1-6,11-15H2. The van der Waals surface area contributed by atoms with E-state index in [1.54, 1.807) is 0 Å². The molecule has 2 aromatic rings. The lowest BCUT2D eigenvalue weighted by Crippen LogP contribution is -2.29. The summed E-state index contributed by atoms with van der Waals surface area (Å²) in [6.07, 6.45) is 8.93. The monoisotopic (exact) mass is 348 g/mol. The minimum atomic E-state index is 0.977. The summed E-state index contributed by atoms with van der Waals surface area (Å²) >= 11 is 0. The average molecular weight is 348 g/mol. The summed E-state index contributed by atoms with van der Waals surface area (Å²) in [6, 6.07) is 13.6. The van der Waals surface area contributed by atoms with Gasteiger partial charge in [-0.2, -0.15) is 0 Å². The largest absolute Gasteiger partial charge is 0.457 e. The predicted octanol–water partition coefficient (Wildman–Crippen LogP) is 5.36. The Balaban J connectivity index is 1.40. The van der Waals surface area contributed by atoms with Crippen molar-refractivity contribution in [1.82, 2.24) is 0 Å². The van der Waals surface area contributed by atoms with Crippen LogP contribution in [0.15, 0.2) is 36.4 Å². The van der Waals surface area contributed by atoms with Crippen LogP contribution in [0.3, 0.4) is 0 Å². The highest BCUT2D eigenvalue weighted by atomic mass is 16.5. The van der Waals surface area contributed by atoms with Crippen molar-refractivity contribution >= 4 is 11.4 Å². The van der Waals surface area contributed by atoms with Gasteiger partial charge in [0.1, 0.15) is 11.5 Å². The number of nitrogens with zero attached hydrogens (tertiary/aromatic N) is 2. The van der Waals surface area contributed by atoms with E-state index in [0.29, 0.717) is 0 Å². The number of anilines is 2. The van der Waals surface area contributed by atoms with Crippen LogP contribution in [0.5, 0.6) is 11.5 Å². The van der Waals surface area contributed by atoms with Crippen molar-refractivity contribution in [3.05, 3.63) is 47.5 Å². The van der Waals surface area contributed by atoms with Crippen LogP contribution in [0.25, 0.3) is 0 Å². The highest BCUT2D eigenvalue weighted by Crippen LogP contribution is 2.40. The van der Waals surface area contributed by atoms with E-state index < -0.39 is 0 Å². The fourth-order valence-corrected chi connectivity index (χ4v) is 4.59. The van der Waals surface area contributed by atoms with Gasteiger partial charge >= 0.3 is 0 Å². The topological polar surface area (TPSA) is 15.7 Å². The normalized spacial score (nSPS) is 19.5. The van der Waals surface area contributed by atoms with Gasteiger partial charge in [-0.1, -0.05) is 12.1 Å². The Labute approximate surface area is 156 Å². The Morgan fingerprint density at radius 2 is 1.04 bits per heavy atom. The highest BCUT2D eigenvalue weighted by molar-refractivity contribution is 5.62. The third kappa shape index (κ3) is 3.04. The zero-order chi connectivity index (χ0) is 17.3. The molecule has 0 aromatic heterocycles. The zero-order valence-electron chi connectivity index (χ0n) is 15.5. The van der Waals surface area contributed by atoms with Gasteiger partial charge in [-0.25, -0.2) is 0 Å². The molecular formula is C23H28N2O. The Morgan fingerprint density at radius 3 is 1.50 bits per heavy atom. The third-order valence-electron chi connectivity index (χ3n) is 6.14. The second-order valence-corrected chi connectivity index (χ2v) is 7.96. The van der Waals surface area contributed by atoms with Crippen LogP contribution in [-0.2, 0) is 6.42 Å². The minimum absolute atomic E-state index is 0.977. The van der Waals surface area contributed by atoms with E-state index in [0.717, 1.165) is 17.9 Å². The molecule has 2 aromatic carbocycles. The van der Waals surface area contributed by atoms with Crippen molar-refractivity contribution in [2.75, 3.05) is 36.0 Å². The van der Waals surface area contributed by atoms with Crippen molar-refractivity contribution in [3.8, 4) is 11.5 Å². The number of benzene rings is 2. The first-order chi connectivity index (χ1) is 12.9. The maximum absolute atomic E-state index is 6.39. The van der Waals surface area contributed by atoms with Crippen molar-refractivity contribution < 1.29 is 4.74 Å². The molecule has 3 heterocycles. The van der Waals surface area contributed by atoms with Gasteiger partial charge in [0, 0.05) is 56.1 Å². The van der Waals surface area contributed by atoms with Gasteiger partial charge < -0.3 is 14.5 Å². The lowest BCUT2D eigenvalue weighted by Gasteiger charge is -2.31. The van der Waals surface area contributed by atoms with Crippen molar-refractivity contribution in [1.29, 1.82) is 0 Å². The predicted molar refractivity (Wildman–Crippen MR) is 108 cm³/mol. The first-order valence-electron chi connectivity index (χ1n) is 10.3. The number of piperidine rings is 2. The van der Waals surface area contributed by atoms with Crippen LogP contribution >= 0.6 is 0 Å². The second-order valence-electron chi connectivity index (χ2n) is 7.96. The molecule has 26 heavy (non-hydrogen) atoms. The molecule has 3 nitrogen and oxygen atoms in total. The summed E-state index contributed by atoms with van der Waals surface area (Å²) in [5.74, 6) is 2.10. The van der Waals surface area contributed by atoms with Crippen molar-refractivity contribution in [3.63, 3.8) is 0 Å². The number of hydrogen-bond acceptors (Lipinski definition) is 3. The summed E-state index contributed by atoms with van der Waals surface area (Å²) < 4.78 is 6.39. The molecule has 5 rings (SSSR count). The van der Waals surface area contributed by atoms with Gasteiger partial charge in [-0.3, -0.25) is 0 Å². The molecule has 0 saturated carbocycles. The lowest BCUT2D eigenvalue weighted by molar-refractivity contribution is 0.459. The molecule has 2 fully saturated rings. The fourth-order valence-electron chi connectivity index (χ4n) is 4.59. The molecule has 136 valence electrons. The molecule has 3 aliphatic heterocycles. The molecule has 0 radical (unpaired) electrons. The number of fused-ring (bicyclic) bond motifs is 2. The quantitative estimate of drug-likeness (QED) is 0.620. The molecule has 0 bridgehead atoms. The molecule has 0 amide bonds. The van der Waals surface area contributed by atoms with Crippen molar-refractivity contribution in [2.45, 2.75) is 44.9 Å². The van der Waals surface area contributed by atoms with E-state index in [4.69, 9.17) is 4.74 Å². The van der Waals surface area contributed by atoms with Gasteiger partial charge in [0.2, 0.25) is 0 Å². The summed E-state index contributed by atoms with van der Waals surface area (Å²) in [5, 5.41) is 0. The van der Waals surface area contributed by atoms with Gasteiger partial charge in [0.05, 0.1) is 0 Å². The maximum atomic E-state index is 6.39. The van der Waals surface area contributed by atoms with E-state index in [-0.39, 0.29) is 0 Å². The Kier molecular flexibility index (Phi) is 4.24. The van der Waals surface area contributed by atoms with E-state index in [1.165, 1.54) is 87.2 Å². The molecule has 0 atom stereocenters. The summed E-state index contributed by atoms with van der Waals surface area (Å²) in [5.41, 5.74) is 5.26. The molecule has 0 unspecified atom stereocenters. The Morgan fingerprint density at radius 1 is 0.577 bits per heavy atom. The molecule has 3 aliphatic rings. The fraction of sp³-hybridized carbons (Fsp3) is 0.478. The summed E-state index contributed by atoms with van der Waals surface area (Å²) in [7, 11) is 0.